The molecule has 1 aromatic carbocycles. The molecule has 1 aromatic rings. The highest BCUT2D eigenvalue weighted by molar-refractivity contribution is 5.96. The number of hydrogen-bond donors (Lipinski definition) is 3. The fraction of sp³-hybridized carbons (Fsp3) is 0.385. The summed E-state index contributed by atoms with van der Waals surface area (Å²) in [5, 5.41) is 13.8. The van der Waals surface area contributed by atoms with Crippen molar-refractivity contribution >= 4 is 11.8 Å². The summed E-state index contributed by atoms with van der Waals surface area (Å²) in [4.78, 5) is 23.1. The first-order valence-corrected chi connectivity index (χ1v) is 5.80. The van der Waals surface area contributed by atoms with Crippen molar-refractivity contribution in [2.75, 3.05) is 13.2 Å². The number of carbonyl (C=O) groups is 2. The summed E-state index contributed by atoms with van der Waals surface area (Å²) in [5.74, 6) is -1.75. The quantitative estimate of drug-likeness (QED) is 0.725. The second-order valence-electron chi connectivity index (χ2n) is 4.75. The molecular formula is C13H17FN2O3. The van der Waals surface area contributed by atoms with Crippen LogP contribution < -0.4 is 10.6 Å². The van der Waals surface area contributed by atoms with Crippen LogP contribution in [0.2, 0.25) is 0 Å². The summed E-state index contributed by atoms with van der Waals surface area (Å²) in [6.45, 7) is 2.78. The molecule has 0 atom stereocenters. The van der Waals surface area contributed by atoms with Gasteiger partial charge in [-0.3, -0.25) is 9.59 Å². The lowest BCUT2D eigenvalue weighted by Gasteiger charge is -2.23. The minimum absolute atomic E-state index is 0.114. The largest absolute Gasteiger partial charge is 0.394 e. The van der Waals surface area contributed by atoms with E-state index in [4.69, 9.17) is 5.11 Å². The number of nitrogens with one attached hydrogen (secondary N) is 2. The predicted octanol–water partition coefficient (Wildman–Crippen LogP) is 0.443. The van der Waals surface area contributed by atoms with E-state index in [9.17, 15) is 14.0 Å². The van der Waals surface area contributed by atoms with E-state index in [1.54, 1.807) is 13.8 Å². The van der Waals surface area contributed by atoms with Crippen LogP contribution in [0.25, 0.3) is 0 Å². The van der Waals surface area contributed by atoms with Crippen LogP contribution in [0.15, 0.2) is 24.3 Å². The number of amides is 2. The molecular weight excluding hydrogens is 251 g/mol. The number of benzene rings is 1. The minimum atomic E-state index is -0.764. The zero-order chi connectivity index (χ0) is 14.5. The maximum Gasteiger partial charge on any atom is 0.254 e. The molecule has 19 heavy (non-hydrogen) atoms. The number of rotatable bonds is 5. The highest BCUT2D eigenvalue weighted by Crippen LogP contribution is 2.05. The lowest BCUT2D eigenvalue weighted by atomic mass is 10.1. The lowest BCUT2D eigenvalue weighted by Crippen LogP contribution is -2.49. The smallest absolute Gasteiger partial charge is 0.254 e. The molecule has 0 aliphatic carbocycles. The number of carbonyl (C=O) groups excluding carboxylic acids is 2. The van der Waals surface area contributed by atoms with Crippen LogP contribution >= 0.6 is 0 Å². The maximum absolute atomic E-state index is 13.3. The molecule has 0 spiro atoms. The van der Waals surface area contributed by atoms with E-state index in [1.165, 1.54) is 24.3 Å². The standard InChI is InChI=1S/C13H17FN2O3/c1-13(2,8-17)16-11(18)7-15-12(19)9-5-3-4-6-10(9)14/h3-6,17H,7-8H2,1-2H3,(H,15,19)(H,16,18). The summed E-state index contributed by atoms with van der Waals surface area (Å²) >= 11 is 0. The van der Waals surface area contributed by atoms with Gasteiger partial charge in [0.25, 0.3) is 5.91 Å². The predicted molar refractivity (Wildman–Crippen MR) is 68.0 cm³/mol. The van der Waals surface area contributed by atoms with Crippen molar-refractivity contribution < 1.29 is 19.1 Å². The second-order valence-corrected chi connectivity index (χ2v) is 4.75. The first-order chi connectivity index (χ1) is 8.85. The Morgan fingerprint density at radius 2 is 1.95 bits per heavy atom. The average molecular weight is 268 g/mol. The zero-order valence-electron chi connectivity index (χ0n) is 10.9. The third-order valence-corrected chi connectivity index (χ3v) is 2.40. The number of aliphatic hydroxyl groups excluding tert-OH is 1. The molecule has 0 saturated heterocycles. The molecule has 3 N–H and O–H groups in total. The Kier molecular flexibility index (Phi) is 5.00. The van der Waals surface area contributed by atoms with Crippen LogP contribution in [-0.2, 0) is 4.79 Å². The van der Waals surface area contributed by atoms with E-state index in [-0.39, 0.29) is 18.7 Å². The zero-order valence-corrected chi connectivity index (χ0v) is 10.9. The summed E-state index contributed by atoms with van der Waals surface area (Å²) in [5.41, 5.74) is -0.878. The fourth-order valence-electron chi connectivity index (χ4n) is 1.36. The number of hydrogen-bond acceptors (Lipinski definition) is 3. The number of aliphatic hydroxyl groups is 1. The Morgan fingerprint density at radius 1 is 1.32 bits per heavy atom. The van der Waals surface area contributed by atoms with Gasteiger partial charge in [-0.25, -0.2) is 4.39 Å². The van der Waals surface area contributed by atoms with Crippen molar-refractivity contribution in [3.63, 3.8) is 0 Å². The van der Waals surface area contributed by atoms with Gasteiger partial charge in [0, 0.05) is 0 Å². The van der Waals surface area contributed by atoms with Crippen molar-refractivity contribution in [1.29, 1.82) is 0 Å². The summed E-state index contributed by atoms with van der Waals surface area (Å²) < 4.78 is 13.3. The van der Waals surface area contributed by atoms with E-state index in [2.05, 4.69) is 10.6 Å². The van der Waals surface area contributed by atoms with Gasteiger partial charge in [-0.05, 0) is 26.0 Å². The Labute approximate surface area is 110 Å². The van der Waals surface area contributed by atoms with Crippen LogP contribution in [-0.4, -0.2) is 35.6 Å². The summed E-state index contributed by atoms with van der Waals surface area (Å²) in [6.07, 6.45) is 0. The third kappa shape index (κ3) is 4.67. The monoisotopic (exact) mass is 268 g/mol. The molecule has 0 unspecified atom stereocenters. The normalized spacial score (nSPS) is 10.9. The van der Waals surface area contributed by atoms with Crippen LogP contribution in [0.5, 0.6) is 0 Å². The molecule has 0 radical (unpaired) electrons. The van der Waals surface area contributed by atoms with E-state index in [1.807, 2.05) is 0 Å². The van der Waals surface area contributed by atoms with E-state index in [0.29, 0.717) is 0 Å². The third-order valence-electron chi connectivity index (χ3n) is 2.40. The first-order valence-electron chi connectivity index (χ1n) is 5.80. The molecule has 0 saturated carbocycles. The highest BCUT2D eigenvalue weighted by Gasteiger charge is 2.19. The van der Waals surface area contributed by atoms with Crippen molar-refractivity contribution in [2.24, 2.45) is 0 Å². The average Bonchev–Trinajstić information content (AvgIpc) is 2.36. The molecule has 2 amide bonds. The van der Waals surface area contributed by atoms with Gasteiger partial charge in [0.1, 0.15) is 5.82 Å². The van der Waals surface area contributed by atoms with Gasteiger partial charge < -0.3 is 15.7 Å². The van der Waals surface area contributed by atoms with Crippen LogP contribution in [0.1, 0.15) is 24.2 Å². The van der Waals surface area contributed by atoms with Crippen molar-refractivity contribution in [1.82, 2.24) is 10.6 Å². The van der Waals surface area contributed by atoms with Gasteiger partial charge in [-0.15, -0.1) is 0 Å². The summed E-state index contributed by atoms with van der Waals surface area (Å²) in [6, 6.07) is 5.51. The SMILES string of the molecule is CC(C)(CO)NC(=O)CNC(=O)c1ccccc1F. The highest BCUT2D eigenvalue weighted by atomic mass is 19.1. The fourth-order valence-corrected chi connectivity index (χ4v) is 1.36. The molecule has 104 valence electrons. The number of halogens is 1. The minimum Gasteiger partial charge on any atom is -0.394 e. The molecule has 0 aromatic heterocycles. The molecule has 0 aliphatic heterocycles. The molecule has 0 aliphatic rings. The first kappa shape index (κ1) is 15.1. The molecule has 0 heterocycles. The van der Waals surface area contributed by atoms with E-state index >= 15 is 0 Å². The Morgan fingerprint density at radius 3 is 2.53 bits per heavy atom. The van der Waals surface area contributed by atoms with Crippen molar-refractivity contribution in [3.8, 4) is 0 Å². The Bertz CT molecular complexity index is 475. The van der Waals surface area contributed by atoms with Crippen LogP contribution in [0.4, 0.5) is 4.39 Å². The second kappa shape index (κ2) is 6.29. The van der Waals surface area contributed by atoms with Crippen LogP contribution in [0, 0.1) is 5.82 Å². The Hall–Kier alpha value is -1.95. The van der Waals surface area contributed by atoms with Gasteiger partial charge in [-0.2, -0.15) is 0 Å². The molecule has 1 rings (SSSR count). The van der Waals surface area contributed by atoms with Gasteiger partial charge in [0.05, 0.1) is 24.3 Å². The van der Waals surface area contributed by atoms with Crippen molar-refractivity contribution in [3.05, 3.63) is 35.6 Å². The van der Waals surface area contributed by atoms with Crippen molar-refractivity contribution in [2.45, 2.75) is 19.4 Å². The lowest BCUT2D eigenvalue weighted by molar-refractivity contribution is -0.122. The van der Waals surface area contributed by atoms with E-state index in [0.717, 1.165) is 0 Å². The van der Waals surface area contributed by atoms with E-state index < -0.39 is 23.2 Å². The van der Waals surface area contributed by atoms with Gasteiger partial charge in [-0.1, -0.05) is 12.1 Å². The van der Waals surface area contributed by atoms with Gasteiger partial charge >= 0.3 is 0 Å². The van der Waals surface area contributed by atoms with Gasteiger partial charge in [0.2, 0.25) is 5.91 Å². The topological polar surface area (TPSA) is 78.4 Å². The van der Waals surface area contributed by atoms with Crippen LogP contribution in [0.3, 0.4) is 0 Å². The molecule has 0 bridgehead atoms. The molecule has 0 fully saturated rings. The molecule has 5 nitrogen and oxygen atoms in total. The molecule has 6 heteroatoms. The van der Waals surface area contributed by atoms with Gasteiger partial charge in [0.15, 0.2) is 0 Å². The maximum atomic E-state index is 13.3. The Balaban J connectivity index is 2.52. The summed E-state index contributed by atoms with van der Waals surface area (Å²) in [7, 11) is 0.